The summed E-state index contributed by atoms with van der Waals surface area (Å²) in [5.41, 5.74) is 3.52. The zero-order chi connectivity index (χ0) is 15.7. The van der Waals surface area contributed by atoms with Gasteiger partial charge in [-0.15, -0.1) is 0 Å². The highest BCUT2D eigenvalue weighted by Gasteiger charge is 2.08. The lowest BCUT2D eigenvalue weighted by Gasteiger charge is -2.06. The molecule has 0 unspecified atom stereocenters. The molecule has 2 N–H and O–H groups in total. The van der Waals surface area contributed by atoms with E-state index >= 15 is 0 Å². The number of nitrogens with zero attached hydrogens (tertiary/aromatic N) is 1. The Labute approximate surface area is 136 Å². The van der Waals surface area contributed by atoms with E-state index in [1.165, 1.54) is 5.56 Å². The summed E-state index contributed by atoms with van der Waals surface area (Å²) >= 11 is 7.76. The number of hydrogen-bond acceptors (Lipinski definition) is 4. The fourth-order valence-corrected chi connectivity index (χ4v) is 3.37. The SMILES string of the molecule is Cc1ccc2nc(Nc3ccc(CC(=O)O)cc3Cl)sc2c1. The summed E-state index contributed by atoms with van der Waals surface area (Å²) in [4.78, 5) is 15.2. The zero-order valence-electron chi connectivity index (χ0n) is 11.8. The van der Waals surface area contributed by atoms with Crippen molar-refractivity contribution in [1.29, 1.82) is 0 Å². The first-order valence-electron chi connectivity index (χ1n) is 6.66. The van der Waals surface area contributed by atoms with Gasteiger partial charge in [-0.1, -0.05) is 35.1 Å². The number of anilines is 2. The molecule has 0 saturated carbocycles. The van der Waals surface area contributed by atoms with Gasteiger partial charge in [-0.2, -0.15) is 0 Å². The second-order valence-corrected chi connectivity index (χ2v) is 6.44. The first-order chi connectivity index (χ1) is 10.5. The van der Waals surface area contributed by atoms with E-state index in [1.807, 2.05) is 19.1 Å². The Bertz CT molecular complexity index is 860. The van der Waals surface area contributed by atoms with E-state index in [9.17, 15) is 4.79 Å². The second kappa shape index (κ2) is 5.94. The normalized spacial score (nSPS) is 10.8. The molecule has 22 heavy (non-hydrogen) atoms. The van der Waals surface area contributed by atoms with Crippen molar-refractivity contribution in [2.24, 2.45) is 0 Å². The Kier molecular flexibility index (Phi) is 4.00. The van der Waals surface area contributed by atoms with Crippen molar-refractivity contribution >= 4 is 49.9 Å². The number of benzene rings is 2. The maximum absolute atomic E-state index is 10.7. The van der Waals surface area contributed by atoms with Crippen LogP contribution >= 0.6 is 22.9 Å². The lowest BCUT2D eigenvalue weighted by Crippen LogP contribution is -2.00. The lowest BCUT2D eigenvalue weighted by atomic mass is 10.1. The molecule has 0 amide bonds. The van der Waals surface area contributed by atoms with Crippen LogP contribution in [-0.2, 0) is 11.2 Å². The average Bonchev–Trinajstić information content (AvgIpc) is 2.82. The molecular weight excluding hydrogens is 320 g/mol. The van der Waals surface area contributed by atoms with E-state index in [4.69, 9.17) is 16.7 Å². The quantitative estimate of drug-likeness (QED) is 0.731. The summed E-state index contributed by atoms with van der Waals surface area (Å²) in [6, 6.07) is 11.3. The molecule has 0 spiro atoms. The van der Waals surface area contributed by atoms with Gasteiger partial charge in [0.15, 0.2) is 5.13 Å². The first-order valence-corrected chi connectivity index (χ1v) is 7.85. The van der Waals surface area contributed by atoms with Gasteiger partial charge in [-0.25, -0.2) is 4.98 Å². The summed E-state index contributed by atoms with van der Waals surface area (Å²) in [5.74, 6) is -0.877. The van der Waals surface area contributed by atoms with Crippen LogP contribution in [0.1, 0.15) is 11.1 Å². The van der Waals surface area contributed by atoms with Gasteiger partial charge in [0.1, 0.15) is 0 Å². The van der Waals surface area contributed by atoms with E-state index in [0.29, 0.717) is 16.3 Å². The number of hydrogen-bond donors (Lipinski definition) is 2. The van der Waals surface area contributed by atoms with Crippen LogP contribution in [-0.4, -0.2) is 16.1 Å². The molecule has 0 radical (unpaired) electrons. The predicted octanol–water partition coefficient (Wildman–Crippen LogP) is 4.63. The number of aryl methyl sites for hydroxylation is 1. The third kappa shape index (κ3) is 3.21. The number of fused-ring (bicyclic) bond motifs is 1. The van der Waals surface area contributed by atoms with Crippen molar-refractivity contribution in [1.82, 2.24) is 4.98 Å². The van der Waals surface area contributed by atoms with Crippen LogP contribution in [0.4, 0.5) is 10.8 Å². The summed E-state index contributed by atoms with van der Waals surface area (Å²) in [6.07, 6.45) is -0.0413. The molecule has 0 aliphatic heterocycles. The summed E-state index contributed by atoms with van der Waals surface area (Å²) in [6.45, 7) is 2.05. The third-order valence-corrected chi connectivity index (χ3v) is 4.42. The number of carboxylic acids is 1. The molecule has 3 rings (SSSR count). The number of carbonyl (C=O) groups is 1. The van der Waals surface area contributed by atoms with Crippen molar-refractivity contribution in [2.75, 3.05) is 5.32 Å². The van der Waals surface area contributed by atoms with Gasteiger partial charge in [0.25, 0.3) is 0 Å². The number of nitrogens with one attached hydrogen (secondary N) is 1. The van der Waals surface area contributed by atoms with E-state index in [-0.39, 0.29) is 6.42 Å². The minimum Gasteiger partial charge on any atom is -0.481 e. The van der Waals surface area contributed by atoms with E-state index in [2.05, 4.69) is 16.4 Å². The van der Waals surface area contributed by atoms with Gasteiger partial charge in [0.2, 0.25) is 0 Å². The highest BCUT2D eigenvalue weighted by atomic mass is 35.5. The lowest BCUT2D eigenvalue weighted by molar-refractivity contribution is -0.136. The monoisotopic (exact) mass is 332 g/mol. The van der Waals surface area contributed by atoms with Gasteiger partial charge in [-0.3, -0.25) is 4.79 Å². The number of aromatic nitrogens is 1. The summed E-state index contributed by atoms with van der Waals surface area (Å²) < 4.78 is 1.11. The zero-order valence-corrected chi connectivity index (χ0v) is 13.3. The Hall–Kier alpha value is -2.11. The van der Waals surface area contributed by atoms with Crippen molar-refractivity contribution in [2.45, 2.75) is 13.3 Å². The Morgan fingerprint density at radius 2 is 2.14 bits per heavy atom. The van der Waals surface area contributed by atoms with Gasteiger partial charge in [0, 0.05) is 0 Å². The molecule has 0 aliphatic rings. The number of carboxylic acid groups (broad SMARTS) is 1. The smallest absolute Gasteiger partial charge is 0.307 e. The summed E-state index contributed by atoms with van der Waals surface area (Å²) in [7, 11) is 0. The van der Waals surface area contributed by atoms with Crippen LogP contribution in [0.2, 0.25) is 5.02 Å². The first kappa shape index (κ1) is 14.8. The fourth-order valence-electron chi connectivity index (χ4n) is 2.15. The molecule has 112 valence electrons. The predicted molar refractivity (Wildman–Crippen MR) is 90.4 cm³/mol. The van der Waals surface area contributed by atoms with Gasteiger partial charge < -0.3 is 10.4 Å². The van der Waals surface area contributed by atoms with Crippen molar-refractivity contribution in [3.63, 3.8) is 0 Å². The largest absolute Gasteiger partial charge is 0.481 e. The molecule has 1 aromatic heterocycles. The van der Waals surface area contributed by atoms with Crippen LogP contribution in [0.5, 0.6) is 0 Å². The van der Waals surface area contributed by atoms with E-state index < -0.39 is 5.97 Å². The number of aliphatic carboxylic acids is 1. The molecule has 0 bridgehead atoms. The van der Waals surface area contributed by atoms with Gasteiger partial charge >= 0.3 is 5.97 Å². The van der Waals surface area contributed by atoms with Crippen molar-refractivity contribution in [3.05, 3.63) is 52.5 Å². The molecule has 0 aliphatic carbocycles. The van der Waals surface area contributed by atoms with Gasteiger partial charge in [-0.05, 0) is 42.3 Å². The second-order valence-electron chi connectivity index (χ2n) is 5.00. The number of halogens is 1. The Morgan fingerprint density at radius 3 is 2.86 bits per heavy atom. The van der Waals surface area contributed by atoms with Crippen LogP contribution in [0, 0.1) is 6.92 Å². The molecule has 0 atom stereocenters. The number of thiazole rings is 1. The molecule has 1 heterocycles. The van der Waals surface area contributed by atoms with Crippen LogP contribution in [0.3, 0.4) is 0 Å². The molecule has 3 aromatic rings. The Balaban J connectivity index is 1.86. The third-order valence-electron chi connectivity index (χ3n) is 3.17. The average molecular weight is 333 g/mol. The van der Waals surface area contributed by atoms with Crippen LogP contribution in [0.15, 0.2) is 36.4 Å². The van der Waals surface area contributed by atoms with E-state index in [1.54, 1.807) is 29.5 Å². The molecule has 0 fully saturated rings. The molecule has 0 saturated heterocycles. The van der Waals surface area contributed by atoms with Crippen LogP contribution in [0.25, 0.3) is 10.2 Å². The minimum absolute atomic E-state index is 0.0413. The maximum atomic E-state index is 10.7. The van der Waals surface area contributed by atoms with Crippen LogP contribution < -0.4 is 5.32 Å². The maximum Gasteiger partial charge on any atom is 0.307 e. The highest BCUT2D eigenvalue weighted by molar-refractivity contribution is 7.22. The topological polar surface area (TPSA) is 62.2 Å². The van der Waals surface area contributed by atoms with Crippen molar-refractivity contribution < 1.29 is 9.90 Å². The van der Waals surface area contributed by atoms with Gasteiger partial charge in [0.05, 0.1) is 27.3 Å². The minimum atomic E-state index is -0.877. The summed E-state index contributed by atoms with van der Waals surface area (Å²) in [5, 5.41) is 13.2. The van der Waals surface area contributed by atoms with Crippen molar-refractivity contribution in [3.8, 4) is 0 Å². The molecular formula is C16H13ClN2O2S. The Morgan fingerprint density at radius 1 is 1.32 bits per heavy atom. The molecule has 4 nitrogen and oxygen atoms in total. The fraction of sp³-hybridized carbons (Fsp3) is 0.125. The molecule has 2 aromatic carbocycles. The van der Waals surface area contributed by atoms with E-state index in [0.717, 1.165) is 15.3 Å². The highest BCUT2D eigenvalue weighted by Crippen LogP contribution is 2.32. The molecule has 6 heteroatoms. The number of rotatable bonds is 4. The standard InChI is InChI=1S/C16H13ClN2O2S/c1-9-2-4-13-14(6-9)22-16(19-13)18-12-5-3-10(7-11(12)17)8-15(20)21/h2-7H,8H2,1H3,(H,18,19)(H,20,21).